The highest BCUT2D eigenvalue weighted by Crippen LogP contribution is 2.60. The van der Waals surface area contributed by atoms with E-state index in [0.29, 0.717) is 17.9 Å². The molecule has 176 valence electrons. The average molecular weight is 461 g/mol. The van der Waals surface area contributed by atoms with Crippen molar-refractivity contribution in [2.24, 2.45) is 23.2 Å². The van der Waals surface area contributed by atoms with Crippen LogP contribution in [0.1, 0.15) is 66.2 Å². The quantitative estimate of drug-likeness (QED) is 0.657. The molecule has 6 rings (SSSR count). The molecule has 4 fully saturated rings. The van der Waals surface area contributed by atoms with Gasteiger partial charge in [-0.05, 0) is 84.0 Å². The Morgan fingerprint density at radius 3 is 2.25 bits per heavy atom. The molecule has 1 N–H and O–H groups in total. The van der Waals surface area contributed by atoms with Gasteiger partial charge in [-0.25, -0.2) is 14.6 Å². The zero-order valence-electron chi connectivity index (χ0n) is 19.8. The first-order chi connectivity index (χ1) is 14.8. The van der Waals surface area contributed by atoms with Crippen molar-refractivity contribution in [3.05, 3.63) is 12.5 Å². The molecule has 4 aliphatic carbocycles. The highest BCUT2D eigenvalue weighted by molar-refractivity contribution is 6.01. The highest BCUT2D eigenvalue weighted by atomic mass is 35.5. The Bertz CT molecular complexity index is 927. The van der Waals surface area contributed by atoms with E-state index in [1.54, 1.807) is 12.5 Å². The highest BCUT2D eigenvalue weighted by Gasteiger charge is 2.54. The van der Waals surface area contributed by atoms with E-state index in [2.05, 4.69) is 53.0 Å². The standard InChI is InChI=1S/C24H36N6O.ClH/c1-15(2)29(16(3)4)5-6-30-22-20(13-27-30)21(25-14-26-22)28-23(31)24-10-17-7-18(11-24)9-19(8-17)12-24;/h13-19H,5-12H2,1-4H3,(H,25,26,28,31);1H. The van der Waals surface area contributed by atoms with E-state index in [0.717, 1.165) is 61.1 Å². The summed E-state index contributed by atoms with van der Waals surface area (Å²) < 4.78 is 1.94. The molecule has 4 aliphatic rings. The Hall–Kier alpha value is -1.73. The number of hydrogen-bond acceptors (Lipinski definition) is 5. The zero-order valence-corrected chi connectivity index (χ0v) is 20.6. The Labute approximate surface area is 197 Å². The lowest BCUT2D eigenvalue weighted by Crippen LogP contribution is -2.51. The molecule has 32 heavy (non-hydrogen) atoms. The van der Waals surface area contributed by atoms with Gasteiger partial charge in [-0.2, -0.15) is 5.10 Å². The van der Waals surface area contributed by atoms with Crippen LogP contribution in [0, 0.1) is 23.2 Å². The molecule has 2 aromatic heterocycles. The van der Waals surface area contributed by atoms with Gasteiger partial charge in [0.15, 0.2) is 5.65 Å². The Morgan fingerprint density at radius 1 is 1.09 bits per heavy atom. The number of hydrogen-bond donors (Lipinski definition) is 1. The first kappa shape index (κ1) is 23.4. The summed E-state index contributed by atoms with van der Waals surface area (Å²) in [7, 11) is 0. The summed E-state index contributed by atoms with van der Waals surface area (Å²) in [4.78, 5) is 24.8. The third-order valence-electron chi connectivity index (χ3n) is 8.08. The molecule has 0 aromatic carbocycles. The molecule has 8 heteroatoms. The Balaban J connectivity index is 0.00000245. The summed E-state index contributed by atoms with van der Waals surface area (Å²) in [6.45, 7) is 10.6. The van der Waals surface area contributed by atoms with Crippen molar-refractivity contribution in [1.29, 1.82) is 0 Å². The summed E-state index contributed by atoms with van der Waals surface area (Å²) in [5, 5.41) is 8.62. The molecule has 0 aliphatic heterocycles. The number of halogens is 1. The van der Waals surface area contributed by atoms with Gasteiger partial charge >= 0.3 is 0 Å². The average Bonchev–Trinajstić information content (AvgIpc) is 3.11. The van der Waals surface area contributed by atoms with Crippen molar-refractivity contribution < 1.29 is 4.79 Å². The van der Waals surface area contributed by atoms with Crippen LogP contribution in [0.3, 0.4) is 0 Å². The molecular weight excluding hydrogens is 424 g/mol. The lowest BCUT2D eigenvalue weighted by atomic mass is 9.49. The van der Waals surface area contributed by atoms with Crippen LogP contribution in [0.25, 0.3) is 11.0 Å². The van der Waals surface area contributed by atoms with Crippen LogP contribution in [-0.4, -0.2) is 49.2 Å². The van der Waals surface area contributed by atoms with Gasteiger partial charge in [-0.3, -0.25) is 9.69 Å². The van der Waals surface area contributed by atoms with E-state index in [-0.39, 0.29) is 23.7 Å². The Morgan fingerprint density at radius 2 is 1.69 bits per heavy atom. The molecule has 0 saturated heterocycles. The van der Waals surface area contributed by atoms with Crippen molar-refractivity contribution in [1.82, 2.24) is 24.6 Å². The summed E-state index contributed by atoms with van der Waals surface area (Å²) in [5.74, 6) is 3.02. The van der Waals surface area contributed by atoms with Gasteiger partial charge < -0.3 is 5.32 Å². The van der Waals surface area contributed by atoms with Gasteiger partial charge in [0.2, 0.25) is 5.91 Å². The molecule has 7 nitrogen and oxygen atoms in total. The second-order valence-electron chi connectivity index (χ2n) is 10.9. The number of nitrogens with zero attached hydrogens (tertiary/aromatic N) is 5. The molecule has 0 unspecified atom stereocenters. The third kappa shape index (κ3) is 4.14. The largest absolute Gasteiger partial charge is 0.309 e. The SMILES string of the molecule is CC(C)N(CCn1ncc2c(NC(=O)C34CC5CC(CC(C5)C3)C4)ncnc21)C(C)C.Cl. The topological polar surface area (TPSA) is 75.9 Å². The molecule has 0 radical (unpaired) electrons. The van der Waals surface area contributed by atoms with Gasteiger partial charge in [-0.1, -0.05) is 0 Å². The fraction of sp³-hybridized carbons (Fsp3) is 0.750. The molecular formula is C24H37ClN6O. The predicted octanol–water partition coefficient (Wildman–Crippen LogP) is 4.52. The maximum Gasteiger partial charge on any atom is 0.231 e. The van der Waals surface area contributed by atoms with E-state index in [1.807, 2.05) is 4.68 Å². The number of rotatable bonds is 7. The van der Waals surface area contributed by atoms with Crippen molar-refractivity contribution in [2.45, 2.75) is 84.8 Å². The minimum absolute atomic E-state index is 0. The van der Waals surface area contributed by atoms with Gasteiger partial charge in [0.25, 0.3) is 0 Å². The molecule has 1 amide bonds. The predicted molar refractivity (Wildman–Crippen MR) is 129 cm³/mol. The van der Waals surface area contributed by atoms with E-state index < -0.39 is 0 Å². The molecule has 4 bridgehead atoms. The van der Waals surface area contributed by atoms with Gasteiger partial charge in [0, 0.05) is 18.6 Å². The normalized spacial score (nSPS) is 28.7. The van der Waals surface area contributed by atoms with Crippen LogP contribution in [0.15, 0.2) is 12.5 Å². The van der Waals surface area contributed by atoms with Crippen molar-refractivity contribution in [2.75, 3.05) is 11.9 Å². The molecule has 2 heterocycles. The van der Waals surface area contributed by atoms with Crippen LogP contribution in [0.5, 0.6) is 0 Å². The lowest BCUT2D eigenvalue weighted by molar-refractivity contribution is -0.140. The van der Waals surface area contributed by atoms with E-state index in [4.69, 9.17) is 0 Å². The minimum atomic E-state index is -0.183. The second kappa shape index (κ2) is 8.90. The summed E-state index contributed by atoms with van der Waals surface area (Å²) >= 11 is 0. The number of carbonyl (C=O) groups excluding carboxylic acids is 1. The van der Waals surface area contributed by atoms with Crippen molar-refractivity contribution in [3.8, 4) is 0 Å². The monoisotopic (exact) mass is 460 g/mol. The molecule has 0 spiro atoms. The Kier molecular flexibility index (Phi) is 6.52. The van der Waals surface area contributed by atoms with Gasteiger partial charge in [-0.15, -0.1) is 12.4 Å². The molecule has 2 aromatic rings. The van der Waals surface area contributed by atoms with E-state index in [9.17, 15) is 4.79 Å². The number of aromatic nitrogens is 4. The van der Waals surface area contributed by atoms with E-state index in [1.165, 1.54) is 19.3 Å². The summed E-state index contributed by atoms with van der Waals surface area (Å²) in [6, 6.07) is 0.957. The minimum Gasteiger partial charge on any atom is -0.309 e. The van der Waals surface area contributed by atoms with Crippen molar-refractivity contribution >= 4 is 35.2 Å². The van der Waals surface area contributed by atoms with E-state index >= 15 is 0 Å². The smallest absolute Gasteiger partial charge is 0.231 e. The zero-order chi connectivity index (χ0) is 21.8. The second-order valence-corrected chi connectivity index (χ2v) is 10.9. The summed E-state index contributed by atoms with van der Waals surface area (Å²) in [5.41, 5.74) is 0.611. The first-order valence-corrected chi connectivity index (χ1v) is 12.1. The van der Waals surface area contributed by atoms with Crippen LogP contribution in [0.2, 0.25) is 0 Å². The van der Waals surface area contributed by atoms with Crippen LogP contribution in [-0.2, 0) is 11.3 Å². The maximum atomic E-state index is 13.5. The summed E-state index contributed by atoms with van der Waals surface area (Å²) in [6.07, 6.45) is 10.5. The maximum absolute atomic E-state index is 13.5. The van der Waals surface area contributed by atoms with Gasteiger partial charge in [0.05, 0.1) is 23.5 Å². The number of nitrogens with one attached hydrogen (secondary N) is 1. The fourth-order valence-corrected chi connectivity index (χ4v) is 7.11. The molecule has 4 saturated carbocycles. The van der Waals surface area contributed by atoms with Crippen LogP contribution < -0.4 is 5.32 Å². The van der Waals surface area contributed by atoms with Crippen LogP contribution >= 0.6 is 12.4 Å². The number of anilines is 1. The number of fused-ring (bicyclic) bond motifs is 1. The van der Waals surface area contributed by atoms with Crippen molar-refractivity contribution in [3.63, 3.8) is 0 Å². The fourth-order valence-electron chi connectivity index (χ4n) is 7.11. The van der Waals surface area contributed by atoms with Crippen LogP contribution in [0.4, 0.5) is 5.82 Å². The lowest BCUT2D eigenvalue weighted by Gasteiger charge is -2.55. The number of amides is 1. The molecule has 0 atom stereocenters. The first-order valence-electron chi connectivity index (χ1n) is 12.1. The third-order valence-corrected chi connectivity index (χ3v) is 8.08. The number of carbonyl (C=O) groups is 1. The van der Waals surface area contributed by atoms with Gasteiger partial charge in [0.1, 0.15) is 12.1 Å².